The van der Waals surface area contributed by atoms with Gasteiger partial charge >= 0.3 is 0 Å². The maximum absolute atomic E-state index is 8.57. The highest BCUT2D eigenvalue weighted by atomic mass is 15.0. The molecule has 2 N–H and O–H groups in total. The molecule has 0 aromatic heterocycles. The summed E-state index contributed by atoms with van der Waals surface area (Å²) in [6, 6.07) is 9.67. The van der Waals surface area contributed by atoms with Gasteiger partial charge in [0.25, 0.3) is 0 Å². The molecule has 0 spiro atoms. The van der Waals surface area contributed by atoms with Gasteiger partial charge < -0.3 is 10.6 Å². The van der Waals surface area contributed by atoms with Crippen LogP contribution in [0.2, 0.25) is 0 Å². The van der Waals surface area contributed by atoms with Crippen molar-refractivity contribution in [2.45, 2.75) is 6.54 Å². The zero-order chi connectivity index (χ0) is 9.52. The van der Waals surface area contributed by atoms with E-state index in [4.69, 9.17) is 5.26 Å². The van der Waals surface area contributed by atoms with E-state index in [1.54, 1.807) is 0 Å². The Morgan fingerprint density at radius 3 is 2.54 bits per heavy atom. The third-order valence-electron chi connectivity index (χ3n) is 1.71. The van der Waals surface area contributed by atoms with Gasteiger partial charge in [-0.2, -0.15) is 5.26 Å². The van der Waals surface area contributed by atoms with Crippen LogP contribution in [0.1, 0.15) is 11.1 Å². The molecule has 0 unspecified atom stereocenters. The fraction of sp³-hybridized carbons (Fsp3) is 0.300. The summed E-state index contributed by atoms with van der Waals surface area (Å²) in [7, 11) is 1.89. The SMILES string of the molecule is CNCNCc1ccc(C#N)cc1. The van der Waals surface area contributed by atoms with Crippen LogP contribution in [0, 0.1) is 11.3 Å². The average molecular weight is 175 g/mol. The van der Waals surface area contributed by atoms with Gasteiger partial charge in [0.15, 0.2) is 0 Å². The molecule has 0 aliphatic carbocycles. The molecule has 0 heterocycles. The van der Waals surface area contributed by atoms with Crippen LogP contribution in [0.15, 0.2) is 24.3 Å². The minimum absolute atomic E-state index is 0.706. The molecule has 3 nitrogen and oxygen atoms in total. The van der Waals surface area contributed by atoms with E-state index in [0.29, 0.717) is 5.56 Å². The minimum atomic E-state index is 0.706. The number of hydrogen-bond acceptors (Lipinski definition) is 3. The first kappa shape index (κ1) is 9.72. The molecule has 0 saturated heterocycles. The number of nitrogens with zero attached hydrogens (tertiary/aromatic N) is 1. The summed E-state index contributed by atoms with van der Waals surface area (Å²) in [5.41, 5.74) is 1.90. The number of nitriles is 1. The zero-order valence-corrected chi connectivity index (χ0v) is 7.67. The molecular formula is C10H13N3. The molecule has 13 heavy (non-hydrogen) atoms. The van der Waals surface area contributed by atoms with Crippen LogP contribution in [0.4, 0.5) is 0 Å². The van der Waals surface area contributed by atoms with E-state index in [2.05, 4.69) is 16.7 Å². The summed E-state index contributed by atoms with van der Waals surface area (Å²) >= 11 is 0. The number of benzene rings is 1. The normalized spacial score (nSPS) is 9.54. The molecule has 1 rings (SSSR count). The molecule has 0 bridgehead atoms. The van der Waals surface area contributed by atoms with Gasteiger partial charge in [0.2, 0.25) is 0 Å². The fourth-order valence-corrected chi connectivity index (χ4v) is 1.03. The summed E-state index contributed by atoms with van der Waals surface area (Å²) in [6.07, 6.45) is 0. The molecule has 0 atom stereocenters. The molecule has 0 radical (unpaired) electrons. The van der Waals surface area contributed by atoms with Crippen LogP contribution in [0.3, 0.4) is 0 Å². The van der Waals surface area contributed by atoms with Crippen molar-refractivity contribution in [2.24, 2.45) is 0 Å². The van der Waals surface area contributed by atoms with Crippen molar-refractivity contribution in [1.82, 2.24) is 10.6 Å². The molecule has 68 valence electrons. The molecule has 1 aromatic rings. The third-order valence-corrected chi connectivity index (χ3v) is 1.71. The van der Waals surface area contributed by atoms with Crippen LogP contribution >= 0.6 is 0 Å². The number of rotatable bonds is 4. The zero-order valence-electron chi connectivity index (χ0n) is 7.67. The van der Waals surface area contributed by atoms with Crippen LogP contribution in [-0.2, 0) is 6.54 Å². The molecule has 0 fully saturated rings. The van der Waals surface area contributed by atoms with Crippen LogP contribution < -0.4 is 10.6 Å². The third kappa shape index (κ3) is 3.24. The second-order valence-electron chi connectivity index (χ2n) is 2.77. The Kier molecular flexibility index (Phi) is 3.97. The largest absolute Gasteiger partial charge is 0.308 e. The molecule has 0 amide bonds. The lowest BCUT2D eigenvalue weighted by Crippen LogP contribution is -2.25. The van der Waals surface area contributed by atoms with Gasteiger partial charge in [0, 0.05) is 13.2 Å². The predicted octanol–water partition coefficient (Wildman–Crippen LogP) is 0.825. The van der Waals surface area contributed by atoms with E-state index in [-0.39, 0.29) is 0 Å². The average Bonchev–Trinajstić information content (AvgIpc) is 2.19. The first-order valence-electron chi connectivity index (χ1n) is 4.21. The second kappa shape index (κ2) is 5.31. The van der Waals surface area contributed by atoms with Gasteiger partial charge in [-0.05, 0) is 24.7 Å². The van der Waals surface area contributed by atoms with Crippen LogP contribution in [0.5, 0.6) is 0 Å². The van der Waals surface area contributed by atoms with Gasteiger partial charge in [-0.3, -0.25) is 0 Å². The Bertz CT molecular complexity index is 284. The highest BCUT2D eigenvalue weighted by molar-refractivity contribution is 5.31. The lowest BCUT2D eigenvalue weighted by Gasteiger charge is -2.03. The molecule has 0 saturated carbocycles. The van der Waals surface area contributed by atoms with Crippen LogP contribution in [-0.4, -0.2) is 13.7 Å². The van der Waals surface area contributed by atoms with Crippen molar-refractivity contribution < 1.29 is 0 Å². The second-order valence-corrected chi connectivity index (χ2v) is 2.77. The molecular weight excluding hydrogens is 162 g/mol. The van der Waals surface area contributed by atoms with Crippen molar-refractivity contribution in [3.63, 3.8) is 0 Å². The Balaban J connectivity index is 2.46. The lowest BCUT2D eigenvalue weighted by molar-refractivity contribution is 0.632. The Labute approximate surface area is 78.4 Å². The summed E-state index contributed by atoms with van der Waals surface area (Å²) in [5, 5.41) is 14.8. The van der Waals surface area contributed by atoms with E-state index in [9.17, 15) is 0 Å². The highest BCUT2D eigenvalue weighted by Crippen LogP contribution is 2.02. The summed E-state index contributed by atoms with van der Waals surface area (Å²) in [5.74, 6) is 0. The molecule has 0 aliphatic rings. The van der Waals surface area contributed by atoms with E-state index in [0.717, 1.165) is 13.2 Å². The van der Waals surface area contributed by atoms with Crippen LogP contribution in [0.25, 0.3) is 0 Å². The first-order valence-corrected chi connectivity index (χ1v) is 4.21. The molecule has 1 aromatic carbocycles. The lowest BCUT2D eigenvalue weighted by atomic mass is 10.1. The topological polar surface area (TPSA) is 47.8 Å². The van der Waals surface area contributed by atoms with E-state index in [1.807, 2.05) is 31.3 Å². The monoisotopic (exact) mass is 175 g/mol. The van der Waals surface area contributed by atoms with Crippen molar-refractivity contribution >= 4 is 0 Å². The van der Waals surface area contributed by atoms with Gasteiger partial charge in [-0.15, -0.1) is 0 Å². The maximum atomic E-state index is 8.57. The molecule has 3 heteroatoms. The van der Waals surface area contributed by atoms with E-state index in [1.165, 1.54) is 5.56 Å². The number of hydrogen-bond donors (Lipinski definition) is 2. The maximum Gasteiger partial charge on any atom is 0.0991 e. The van der Waals surface area contributed by atoms with E-state index >= 15 is 0 Å². The Morgan fingerprint density at radius 2 is 2.00 bits per heavy atom. The Morgan fingerprint density at radius 1 is 1.31 bits per heavy atom. The van der Waals surface area contributed by atoms with Crippen molar-refractivity contribution in [1.29, 1.82) is 5.26 Å². The van der Waals surface area contributed by atoms with Gasteiger partial charge in [-0.1, -0.05) is 12.1 Å². The predicted molar refractivity (Wildman–Crippen MR) is 51.9 cm³/mol. The van der Waals surface area contributed by atoms with Crippen molar-refractivity contribution in [2.75, 3.05) is 13.7 Å². The highest BCUT2D eigenvalue weighted by Gasteiger charge is 1.92. The van der Waals surface area contributed by atoms with E-state index < -0.39 is 0 Å². The van der Waals surface area contributed by atoms with Gasteiger partial charge in [0.1, 0.15) is 0 Å². The summed E-state index contributed by atoms with van der Waals surface area (Å²) < 4.78 is 0. The van der Waals surface area contributed by atoms with Gasteiger partial charge in [-0.25, -0.2) is 0 Å². The summed E-state index contributed by atoms with van der Waals surface area (Å²) in [6.45, 7) is 1.62. The van der Waals surface area contributed by atoms with Gasteiger partial charge in [0.05, 0.1) is 11.6 Å². The fourth-order valence-electron chi connectivity index (χ4n) is 1.03. The standard InChI is InChI=1S/C10H13N3/c1-12-8-13-7-10-4-2-9(6-11)3-5-10/h2-5,12-13H,7-8H2,1H3. The van der Waals surface area contributed by atoms with Crippen molar-refractivity contribution in [3.05, 3.63) is 35.4 Å². The Hall–Kier alpha value is -1.37. The summed E-state index contributed by atoms with van der Waals surface area (Å²) in [4.78, 5) is 0. The first-order chi connectivity index (χ1) is 6.36. The molecule has 0 aliphatic heterocycles. The quantitative estimate of drug-likeness (QED) is 0.526. The smallest absolute Gasteiger partial charge is 0.0991 e. The van der Waals surface area contributed by atoms with Crippen molar-refractivity contribution in [3.8, 4) is 6.07 Å². The number of nitrogens with one attached hydrogen (secondary N) is 2. The minimum Gasteiger partial charge on any atom is -0.308 e.